The highest BCUT2D eigenvalue weighted by Crippen LogP contribution is 2.45. The molecule has 0 aromatic heterocycles. The summed E-state index contributed by atoms with van der Waals surface area (Å²) in [5.41, 5.74) is -1.86. The van der Waals surface area contributed by atoms with Crippen LogP contribution >= 0.6 is 0 Å². The molecule has 16 heteroatoms. The number of aliphatic hydroxyl groups excluding tert-OH is 3. The minimum atomic E-state index is -1.42. The molecule has 7 rings (SSSR count). The van der Waals surface area contributed by atoms with E-state index < -0.39 is 109 Å². The van der Waals surface area contributed by atoms with Crippen LogP contribution in [0.5, 0.6) is 11.5 Å². The molecule has 2 aromatic carbocycles. The van der Waals surface area contributed by atoms with Gasteiger partial charge in [0.15, 0.2) is 30.4 Å². The van der Waals surface area contributed by atoms with Gasteiger partial charge in [-0.25, -0.2) is 0 Å². The number of aromatic hydroxyl groups is 2. The molecule has 5 aliphatic rings. The number of carbonyl (C=O) groups excluding carboxylic acids is 2. The number of phenolic OH excluding ortho intramolecular Hbond substituents is 2. The number of fused-ring (bicyclic) bond motifs is 2. The molecule has 0 bridgehead atoms. The van der Waals surface area contributed by atoms with E-state index in [2.05, 4.69) is 0 Å². The summed E-state index contributed by atoms with van der Waals surface area (Å²) in [6, 6.07) is 5.64. The molecular formula is C43H56O16. The molecule has 4 fully saturated rings. The number of phenols is 2. The number of hydrogen-bond acceptors (Lipinski definition) is 15. The van der Waals surface area contributed by atoms with Crippen molar-refractivity contribution in [2.75, 3.05) is 0 Å². The van der Waals surface area contributed by atoms with Gasteiger partial charge in [0.1, 0.15) is 17.6 Å². The van der Waals surface area contributed by atoms with E-state index in [-0.39, 0.29) is 58.4 Å². The van der Waals surface area contributed by atoms with Gasteiger partial charge in [-0.2, -0.15) is 0 Å². The van der Waals surface area contributed by atoms with E-state index >= 15 is 0 Å². The lowest BCUT2D eigenvalue weighted by molar-refractivity contribution is -0.295. The van der Waals surface area contributed by atoms with Crippen LogP contribution in [-0.4, -0.2) is 128 Å². The maximum atomic E-state index is 14.0. The van der Waals surface area contributed by atoms with Crippen molar-refractivity contribution < 1.29 is 78.2 Å². The summed E-state index contributed by atoms with van der Waals surface area (Å²) in [4.78, 5) is 40.2. The van der Waals surface area contributed by atoms with Crippen LogP contribution in [0, 0.1) is 0 Å². The standard InChI is InChI=1S/C43H56O16/c1-19-27(44)10-13-33(54-19)57-30-12-15-35(56-21(30)3)59-43(5,18-32(47)48)17-23-6-7-25-36(38(23)49)40(51)26-9-8-24(39(50)37(26)41(25)52)31-16-29(46)42(22(4)53-31)58-34-14-11-28(45)20(2)55-34/h6-9,19-22,27-31,33-35,42,44-46,49-50H,10-18H2,1-5H3,(H,47,48)/t19-,20-,21-,22+,27+,28+,29+,30-,31+,33-,34-,35-,42+,43-/m0/s1. The lowest BCUT2D eigenvalue weighted by Crippen LogP contribution is -2.49. The van der Waals surface area contributed by atoms with E-state index in [4.69, 9.17) is 33.2 Å². The third-order valence-corrected chi connectivity index (χ3v) is 12.4. The summed E-state index contributed by atoms with van der Waals surface area (Å²) >= 11 is 0. The maximum absolute atomic E-state index is 14.0. The van der Waals surface area contributed by atoms with Crippen LogP contribution in [-0.2, 0) is 44.4 Å². The van der Waals surface area contributed by atoms with Gasteiger partial charge >= 0.3 is 5.97 Å². The SMILES string of the molecule is C[C@@H]1O[C@@H](O[C@H]2[C@H](O)C[C@H](c3ccc4c(c3O)C(=O)c3ccc(C[C@@](C)(CC(=O)O)O[C@H]5CC[C@H](O[C@H]6CC[C@@H](O)[C@H](C)O6)[C@H](C)O5)c(O)c3C4=O)O[C@@H]2C)CC[C@H]1O. The molecule has 0 radical (unpaired) electrons. The molecule has 14 atom stereocenters. The molecular weight excluding hydrogens is 772 g/mol. The highest BCUT2D eigenvalue weighted by atomic mass is 16.7. The van der Waals surface area contributed by atoms with E-state index in [1.54, 1.807) is 27.7 Å². The normalized spacial score (nSPS) is 36.0. The molecule has 4 aliphatic heterocycles. The number of hydrogen-bond donors (Lipinski definition) is 6. The zero-order valence-corrected chi connectivity index (χ0v) is 33.9. The molecule has 4 saturated heterocycles. The Morgan fingerprint density at radius 3 is 1.83 bits per heavy atom. The van der Waals surface area contributed by atoms with Crippen LogP contribution < -0.4 is 0 Å². The predicted octanol–water partition coefficient (Wildman–Crippen LogP) is 3.94. The molecule has 0 unspecified atom stereocenters. The summed E-state index contributed by atoms with van der Waals surface area (Å²) in [6.45, 7) is 8.65. The number of carboxylic acids is 1. The van der Waals surface area contributed by atoms with Crippen molar-refractivity contribution in [2.24, 2.45) is 0 Å². The van der Waals surface area contributed by atoms with Gasteiger partial charge in [-0.3, -0.25) is 14.4 Å². The second-order valence-corrected chi connectivity index (χ2v) is 17.0. The summed E-state index contributed by atoms with van der Waals surface area (Å²) in [7, 11) is 0. The van der Waals surface area contributed by atoms with Crippen molar-refractivity contribution in [1.82, 2.24) is 0 Å². The van der Waals surface area contributed by atoms with Crippen molar-refractivity contribution in [2.45, 2.75) is 178 Å². The number of aliphatic hydroxyl groups is 3. The monoisotopic (exact) mass is 828 g/mol. The Kier molecular flexibility index (Phi) is 12.9. The van der Waals surface area contributed by atoms with Crippen LogP contribution in [0.4, 0.5) is 0 Å². The molecule has 4 heterocycles. The number of carboxylic acid groups (broad SMARTS) is 1. The van der Waals surface area contributed by atoms with Crippen molar-refractivity contribution in [3.8, 4) is 11.5 Å². The Morgan fingerprint density at radius 2 is 1.25 bits per heavy atom. The molecule has 0 amide bonds. The summed E-state index contributed by atoms with van der Waals surface area (Å²) < 4.78 is 42.4. The van der Waals surface area contributed by atoms with Gasteiger partial charge in [-0.05, 0) is 71.6 Å². The molecule has 2 aromatic rings. The first-order chi connectivity index (χ1) is 27.9. The second kappa shape index (κ2) is 17.4. The fraction of sp³-hybridized carbons (Fsp3) is 0.651. The Morgan fingerprint density at radius 1 is 0.695 bits per heavy atom. The topological polar surface area (TPSA) is 237 Å². The fourth-order valence-electron chi connectivity index (χ4n) is 9.04. The fourth-order valence-corrected chi connectivity index (χ4v) is 9.04. The number of rotatable bonds is 11. The minimum Gasteiger partial charge on any atom is -0.507 e. The van der Waals surface area contributed by atoms with Crippen LogP contribution in [0.15, 0.2) is 24.3 Å². The highest BCUT2D eigenvalue weighted by Gasteiger charge is 2.44. The van der Waals surface area contributed by atoms with Crippen molar-refractivity contribution in [3.05, 3.63) is 57.6 Å². The number of ether oxygens (including phenoxy) is 7. The molecule has 0 spiro atoms. The third-order valence-electron chi connectivity index (χ3n) is 12.4. The van der Waals surface area contributed by atoms with E-state index in [1.807, 2.05) is 6.92 Å². The lowest BCUT2D eigenvalue weighted by atomic mass is 9.79. The van der Waals surface area contributed by atoms with E-state index in [0.29, 0.717) is 38.5 Å². The molecule has 16 nitrogen and oxygen atoms in total. The summed E-state index contributed by atoms with van der Waals surface area (Å²) in [5.74, 6) is -3.56. The van der Waals surface area contributed by atoms with Gasteiger partial charge in [0.05, 0.1) is 78.1 Å². The van der Waals surface area contributed by atoms with Crippen molar-refractivity contribution in [1.29, 1.82) is 0 Å². The first-order valence-corrected chi connectivity index (χ1v) is 20.6. The van der Waals surface area contributed by atoms with Gasteiger partial charge in [-0.1, -0.05) is 12.1 Å². The Balaban J connectivity index is 1.04. The maximum Gasteiger partial charge on any atom is 0.306 e. The zero-order chi connectivity index (χ0) is 42.5. The molecule has 6 N–H and O–H groups in total. The minimum absolute atomic E-state index is 0.00596. The largest absolute Gasteiger partial charge is 0.507 e. The van der Waals surface area contributed by atoms with Crippen molar-refractivity contribution in [3.63, 3.8) is 0 Å². The quantitative estimate of drug-likeness (QED) is 0.161. The van der Waals surface area contributed by atoms with Gasteiger partial charge in [0.25, 0.3) is 0 Å². The smallest absolute Gasteiger partial charge is 0.306 e. The van der Waals surface area contributed by atoms with Gasteiger partial charge in [0.2, 0.25) is 0 Å². The number of carbonyl (C=O) groups is 3. The highest BCUT2D eigenvalue weighted by molar-refractivity contribution is 6.30. The number of ketones is 2. The molecule has 0 saturated carbocycles. The Bertz CT molecular complexity index is 1890. The summed E-state index contributed by atoms with van der Waals surface area (Å²) in [6.07, 6.45) is -5.62. The zero-order valence-electron chi connectivity index (χ0n) is 33.9. The van der Waals surface area contributed by atoms with Gasteiger partial charge in [0, 0.05) is 48.8 Å². The predicted molar refractivity (Wildman–Crippen MR) is 205 cm³/mol. The van der Waals surface area contributed by atoms with E-state index in [9.17, 15) is 45.0 Å². The van der Waals surface area contributed by atoms with Crippen LogP contribution in [0.3, 0.4) is 0 Å². The lowest BCUT2D eigenvalue weighted by Gasteiger charge is -2.41. The van der Waals surface area contributed by atoms with Crippen LogP contribution in [0.1, 0.15) is 135 Å². The molecule has 1 aliphatic carbocycles. The Hall–Kier alpha value is -3.55. The average Bonchev–Trinajstić information content (AvgIpc) is 3.16. The first-order valence-electron chi connectivity index (χ1n) is 20.6. The van der Waals surface area contributed by atoms with Gasteiger partial charge in [-0.15, -0.1) is 0 Å². The van der Waals surface area contributed by atoms with Crippen molar-refractivity contribution >= 4 is 17.5 Å². The van der Waals surface area contributed by atoms with Crippen LogP contribution in [0.2, 0.25) is 0 Å². The number of benzene rings is 2. The summed E-state index contributed by atoms with van der Waals surface area (Å²) in [5, 5.41) is 64.1. The van der Waals surface area contributed by atoms with Gasteiger partial charge < -0.3 is 63.8 Å². The molecule has 324 valence electrons. The second-order valence-electron chi connectivity index (χ2n) is 17.0. The van der Waals surface area contributed by atoms with E-state index in [1.165, 1.54) is 24.3 Å². The Labute approximate surface area is 342 Å². The van der Waals surface area contributed by atoms with E-state index in [0.717, 1.165) is 0 Å². The first kappa shape index (κ1) is 43.5. The third kappa shape index (κ3) is 9.08. The molecule has 59 heavy (non-hydrogen) atoms. The van der Waals surface area contributed by atoms with Crippen LogP contribution in [0.25, 0.3) is 0 Å². The number of aliphatic carboxylic acids is 1. The average molecular weight is 829 g/mol.